The zero-order valence-corrected chi connectivity index (χ0v) is 63.1. The van der Waals surface area contributed by atoms with E-state index in [1.807, 2.05) is 0 Å². The van der Waals surface area contributed by atoms with E-state index in [2.05, 4.69) is 58.9 Å². The van der Waals surface area contributed by atoms with Gasteiger partial charge in [-0.05, 0) is 57.3 Å². The van der Waals surface area contributed by atoms with Crippen LogP contribution in [0.4, 0.5) is 0 Å². The van der Waals surface area contributed by atoms with Gasteiger partial charge in [0.05, 0.1) is 26.4 Å². The molecule has 0 aliphatic heterocycles. The SMILES string of the molecule is CCCCCC/C=C\C=C/CCCCCCCC(=O)OC[C@H](COP(=O)(O)OC[C@@H](O)COP(=O)(O)OC[C@@H](COC(=O)CCCCCCCCC(C)CC)OC(=O)CCCCCCCCCCCCCCC)OC(=O)CCCCCCCCCCCCCCCCCCC. The van der Waals surface area contributed by atoms with Gasteiger partial charge in [-0.25, -0.2) is 9.13 Å². The van der Waals surface area contributed by atoms with Crippen LogP contribution in [0.15, 0.2) is 24.3 Å². The lowest BCUT2D eigenvalue weighted by atomic mass is 10.00. The Balaban J connectivity index is 5.28. The van der Waals surface area contributed by atoms with Crippen molar-refractivity contribution in [3.63, 3.8) is 0 Å². The molecule has 0 aliphatic rings. The average Bonchev–Trinajstić information content (AvgIpc) is 1.64. The quantitative estimate of drug-likeness (QED) is 0.0169. The molecular weight excluding hydrogens is 1250 g/mol. The number of carbonyl (C=O) groups excluding carboxylic acids is 4. The molecule has 0 aromatic heterocycles. The first-order valence-corrected chi connectivity index (χ1v) is 42.0. The van der Waals surface area contributed by atoms with E-state index < -0.39 is 97.5 Å². The molecule has 19 heteroatoms. The first-order chi connectivity index (χ1) is 46.1. The van der Waals surface area contributed by atoms with E-state index in [0.29, 0.717) is 25.7 Å². The Labute approximate surface area is 580 Å². The Kier molecular flexibility index (Phi) is 66.9. The van der Waals surface area contributed by atoms with Crippen LogP contribution in [0.2, 0.25) is 0 Å². The van der Waals surface area contributed by atoms with Crippen molar-refractivity contribution in [2.45, 2.75) is 393 Å². The monoisotopic (exact) mass is 1390 g/mol. The second-order valence-electron chi connectivity index (χ2n) is 26.9. The fraction of sp³-hybridized carbons (Fsp3) is 0.895. The van der Waals surface area contributed by atoms with Gasteiger partial charge in [0.2, 0.25) is 0 Å². The van der Waals surface area contributed by atoms with Crippen molar-refractivity contribution in [2.24, 2.45) is 5.92 Å². The van der Waals surface area contributed by atoms with Crippen molar-refractivity contribution in [1.82, 2.24) is 0 Å². The molecule has 0 fully saturated rings. The van der Waals surface area contributed by atoms with Gasteiger partial charge in [-0.15, -0.1) is 0 Å². The molecule has 0 radical (unpaired) electrons. The largest absolute Gasteiger partial charge is 0.472 e. The molecule has 0 spiro atoms. The van der Waals surface area contributed by atoms with Crippen molar-refractivity contribution >= 4 is 39.5 Å². The Morgan fingerprint density at radius 3 is 0.895 bits per heavy atom. The van der Waals surface area contributed by atoms with Gasteiger partial charge in [-0.3, -0.25) is 37.3 Å². The number of allylic oxidation sites excluding steroid dienone is 4. The zero-order valence-electron chi connectivity index (χ0n) is 61.3. The van der Waals surface area contributed by atoms with Gasteiger partial charge in [-0.2, -0.15) is 0 Å². The average molecular weight is 1390 g/mol. The molecule has 17 nitrogen and oxygen atoms in total. The maximum absolute atomic E-state index is 13.1. The summed E-state index contributed by atoms with van der Waals surface area (Å²) in [7, 11) is -9.92. The predicted octanol–water partition coefficient (Wildman–Crippen LogP) is 22.0. The standard InChI is InChI=1S/C76H144O17P2/c1-6-10-13-16-19-22-25-28-30-31-33-36-39-42-45-52-57-62-75(80)92-71(65-86-73(78)59-54-49-43-40-37-35-32-29-26-23-20-17-14-11-7-2)67-90-94(82,83)88-63-70(77)64-89-95(84,85)91-68-72(66-87-74(79)60-55-50-47-46-48-53-58-69(5)9-4)93-76(81)61-56-51-44-41-38-34-27-24-21-18-15-12-8-3/h23,26,29,32,69-72,77H,6-22,24-25,27-28,30-31,33-68H2,1-5H3,(H,82,83)(H,84,85)/b26-23-,32-29-/t69?,70-,71-,72-/m1/s1. The highest BCUT2D eigenvalue weighted by Crippen LogP contribution is 2.45. The molecule has 0 aromatic rings. The Bertz CT molecular complexity index is 1920. The molecule has 0 heterocycles. The highest BCUT2D eigenvalue weighted by atomic mass is 31.2. The number of esters is 4. The van der Waals surface area contributed by atoms with Crippen LogP contribution in [0.3, 0.4) is 0 Å². The second kappa shape index (κ2) is 68.7. The minimum absolute atomic E-state index is 0.102. The van der Waals surface area contributed by atoms with Gasteiger partial charge in [0, 0.05) is 25.7 Å². The van der Waals surface area contributed by atoms with Gasteiger partial charge in [0.25, 0.3) is 0 Å². The van der Waals surface area contributed by atoms with Gasteiger partial charge in [-0.1, -0.05) is 322 Å². The number of rotatable bonds is 74. The molecule has 6 atom stereocenters. The fourth-order valence-electron chi connectivity index (χ4n) is 11.1. The number of carbonyl (C=O) groups is 4. The molecule has 560 valence electrons. The first kappa shape index (κ1) is 92.5. The van der Waals surface area contributed by atoms with E-state index in [9.17, 15) is 43.2 Å². The molecule has 0 amide bonds. The first-order valence-electron chi connectivity index (χ1n) is 39.0. The molecule has 3 N–H and O–H groups in total. The summed E-state index contributed by atoms with van der Waals surface area (Å²) >= 11 is 0. The number of phosphoric acid groups is 2. The summed E-state index contributed by atoms with van der Waals surface area (Å²) in [6.45, 7) is 7.19. The van der Waals surface area contributed by atoms with E-state index >= 15 is 0 Å². The molecule has 95 heavy (non-hydrogen) atoms. The van der Waals surface area contributed by atoms with Crippen LogP contribution in [0, 0.1) is 5.92 Å². The van der Waals surface area contributed by atoms with E-state index in [1.165, 1.54) is 173 Å². The highest BCUT2D eigenvalue weighted by molar-refractivity contribution is 7.47. The summed E-state index contributed by atoms with van der Waals surface area (Å²) in [5, 5.41) is 10.6. The summed E-state index contributed by atoms with van der Waals surface area (Å²) in [6.07, 6.45) is 60.4. The van der Waals surface area contributed by atoms with Gasteiger partial charge >= 0.3 is 39.5 Å². The molecule has 0 aromatic carbocycles. The van der Waals surface area contributed by atoms with Crippen LogP contribution in [0.1, 0.15) is 375 Å². The zero-order chi connectivity index (χ0) is 69.8. The minimum atomic E-state index is -4.96. The van der Waals surface area contributed by atoms with Crippen LogP contribution in [-0.2, 0) is 65.4 Å². The second-order valence-corrected chi connectivity index (χ2v) is 29.9. The van der Waals surface area contributed by atoms with Crippen LogP contribution < -0.4 is 0 Å². The third-order valence-electron chi connectivity index (χ3n) is 17.5. The number of aliphatic hydroxyl groups excluding tert-OH is 1. The third-order valence-corrected chi connectivity index (χ3v) is 19.4. The van der Waals surface area contributed by atoms with E-state index in [4.69, 9.17) is 37.0 Å². The minimum Gasteiger partial charge on any atom is -0.462 e. The fourth-order valence-corrected chi connectivity index (χ4v) is 12.7. The lowest BCUT2D eigenvalue weighted by molar-refractivity contribution is -0.161. The summed E-state index contributed by atoms with van der Waals surface area (Å²) in [5.74, 6) is -1.41. The van der Waals surface area contributed by atoms with E-state index in [1.54, 1.807) is 0 Å². The van der Waals surface area contributed by atoms with Gasteiger partial charge < -0.3 is 33.8 Å². The molecule has 3 unspecified atom stereocenters. The van der Waals surface area contributed by atoms with Crippen LogP contribution in [0.25, 0.3) is 0 Å². The summed E-state index contributed by atoms with van der Waals surface area (Å²) < 4.78 is 68.5. The number of hydrogen-bond donors (Lipinski definition) is 3. The van der Waals surface area contributed by atoms with Crippen molar-refractivity contribution < 1.29 is 80.2 Å². The summed E-state index contributed by atoms with van der Waals surface area (Å²) in [5.41, 5.74) is 0. The van der Waals surface area contributed by atoms with Crippen molar-refractivity contribution in [2.75, 3.05) is 39.6 Å². The lowest BCUT2D eigenvalue weighted by Gasteiger charge is -2.21. The Morgan fingerprint density at radius 1 is 0.337 bits per heavy atom. The number of phosphoric ester groups is 2. The predicted molar refractivity (Wildman–Crippen MR) is 386 cm³/mol. The topological polar surface area (TPSA) is 237 Å². The van der Waals surface area contributed by atoms with Gasteiger partial charge in [0.15, 0.2) is 12.2 Å². The van der Waals surface area contributed by atoms with Crippen molar-refractivity contribution in [3.8, 4) is 0 Å². The number of aliphatic hydroxyl groups is 1. The Hall–Kier alpha value is -2.46. The third kappa shape index (κ3) is 68.5. The normalized spacial score (nSPS) is 14.4. The van der Waals surface area contributed by atoms with Crippen molar-refractivity contribution in [1.29, 1.82) is 0 Å². The van der Waals surface area contributed by atoms with Crippen molar-refractivity contribution in [3.05, 3.63) is 24.3 Å². The van der Waals surface area contributed by atoms with Gasteiger partial charge in [0.1, 0.15) is 19.3 Å². The van der Waals surface area contributed by atoms with Crippen LogP contribution in [0.5, 0.6) is 0 Å². The van der Waals surface area contributed by atoms with E-state index in [0.717, 1.165) is 121 Å². The maximum atomic E-state index is 13.1. The van der Waals surface area contributed by atoms with Crippen LogP contribution in [-0.4, -0.2) is 96.7 Å². The molecule has 0 aliphatic carbocycles. The molecule has 0 bridgehead atoms. The van der Waals surface area contributed by atoms with E-state index in [-0.39, 0.29) is 25.7 Å². The summed E-state index contributed by atoms with van der Waals surface area (Å²) in [4.78, 5) is 72.8. The number of unbranched alkanes of at least 4 members (excludes halogenated alkanes) is 42. The molecular formula is C76H144O17P2. The highest BCUT2D eigenvalue weighted by Gasteiger charge is 2.30. The summed E-state index contributed by atoms with van der Waals surface area (Å²) in [6, 6.07) is 0. The molecule has 0 saturated carbocycles. The maximum Gasteiger partial charge on any atom is 0.472 e. The Morgan fingerprint density at radius 2 is 0.589 bits per heavy atom. The number of ether oxygens (including phenoxy) is 4. The lowest BCUT2D eigenvalue weighted by Crippen LogP contribution is -2.30. The molecule has 0 saturated heterocycles. The molecule has 0 rings (SSSR count). The van der Waals surface area contributed by atoms with Crippen LogP contribution >= 0.6 is 15.6 Å². The smallest absolute Gasteiger partial charge is 0.462 e. The number of hydrogen-bond acceptors (Lipinski definition) is 15.